The van der Waals surface area contributed by atoms with Gasteiger partial charge in [-0.25, -0.2) is 0 Å². The van der Waals surface area contributed by atoms with E-state index in [2.05, 4.69) is 0 Å². The molecule has 9 N–H and O–H groups in total. The zero-order valence-corrected chi connectivity index (χ0v) is 12.0. The lowest BCUT2D eigenvalue weighted by Gasteiger charge is -2.33. The summed E-state index contributed by atoms with van der Waals surface area (Å²) in [6.45, 7) is -2.95. The first-order chi connectivity index (χ1) is 10.7. The Morgan fingerprint density at radius 3 is 2.00 bits per heavy atom. The molecule has 1 aliphatic heterocycles. The fourth-order valence-corrected chi connectivity index (χ4v) is 2.37. The second-order valence-corrected chi connectivity index (χ2v) is 5.36. The van der Waals surface area contributed by atoms with Crippen LogP contribution in [0.1, 0.15) is 0 Å². The number of Topliss-reactive ketones (excluding diaryl/α,β-unsaturated/α-hetero) is 1. The van der Waals surface area contributed by atoms with Gasteiger partial charge in [0.2, 0.25) is 5.78 Å². The van der Waals surface area contributed by atoms with E-state index in [1.165, 1.54) is 0 Å². The molecule has 0 unspecified atom stereocenters. The Bertz CT molecular complexity index is 404. The van der Waals surface area contributed by atoms with Crippen LogP contribution in [0, 0.1) is 0 Å². The van der Waals surface area contributed by atoms with E-state index in [1.54, 1.807) is 0 Å². The molecule has 0 saturated carbocycles. The lowest BCUT2D eigenvalue weighted by atomic mass is 9.85. The summed E-state index contributed by atoms with van der Waals surface area (Å²) < 4.78 is 4.96. The zero-order valence-electron chi connectivity index (χ0n) is 12.0. The molecule has 23 heavy (non-hydrogen) atoms. The highest BCUT2D eigenvalue weighted by atomic mass is 16.6. The van der Waals surface area contributed by atoms with E-state index in [-0.39, 0.29) is 0 Å². The van der Waals surface area contributed by atoms with E-state index in [4.69, 9.17) is 14.9 Å². The molecule has 136 valence electrons. The maximum Gasteiger partial charge on any atom is 0.200 e. The van der Waals surface area contributed by atoms with Crippen LogP contribution in [-0.2, 0) is 9.53 Å². The maximum absolute atomic E-state index is 12.3. The molecule has 1 fully saturated rings. The van der Waals surface area contributed by atoms with Gasteiger partial charge < -0.3 is 50.7 Å². The molecule has 0 bridgehead atoms. The number of carbonyl (C=O) groups is 1. The lowest BCUT2D eigenvalue weighted by Crippen LogP contribution is -2.60. The fourth-order valence-electron chi connectivity index (χ4n) is 2.37. The third-order valence-corrected chi connectivity index (χ3v) is 3.90. The third kappa shape index (κ3) is 3.53. The molecule has 0 spiro atoms. The highest BCUT2D eigenvalue weighted by Gasteiger charge is 2.60. The van der Waals surface area contributed by atoms with E-state index in [0.717, 1.165) is 0 Å². The average molecular weight is 342 g/mol. The predicted octanol–water partition coefficient (Wildman–Crippen LogP) is -6.16. The van der Waals surface area contributed by atoms with Crippen LogP contribution < -0.4 is 0 Å². The van der Waals surface area contributed by atoms with Crippen LogP contribution in [0.4, 0.5) is 0 Å². The summed E-state index contributed by atoms with van der Waals surface area (Å²) in [6.07, 6.45) is -13.8. The number of hydrogen-bond donors (Lipinski definition) is 9. The summed E-state index contributed by atoms with van der Waals surface area (Å²) in [5.41, 5.74) is -2.53. The van der Waals surface area contributed by atoms with Gasteiger partial charge in [-0.15, -0.1) is 0 Å². The number of ether oxygens (including phenoxy) is 1. The highest BCUT2D eigenvalue weighted by Crippen LogP contribution is 2.33. The molecule has 0 aliphatic carbocycles. The molecular weight excluding hydrogens is 320 g/mol. The summed E-state index contributed by atoms with van der Waals surface area (Å²) in [6, 6.07) is 0. The van der Waals surface area contributed by atoms with Crippen molar-refractivity contribution in [1.82, 2.24) is 0 Å². The van der Waals surface area contributed by atoms with Crippen molar-refractivity contribution in [2.24, 2.45) is 0 Å². The predicted molar refractivity (Wildman–Crippen MR) is 69.9 cm³/mol. The SMILES string of the molecule is O=C([C@@H](O)[C@@H](O)[C@H](O)[C@@H](O)CO)[C@]1(CO)O[C@H](CO)[C@@H](O)[C@@H]1O. The first-order valence-electron chi connectivity index (χ1n) is 6.81. The maximum atomic E-state index is 12.3. The third-order valence-electron chi connectivity index (χ3n) is 3.90. The van der Waals surface area contributed by atoms with Gasteiger partial charge in [0.1, 0.15) is 42.7 Å². The monoisotopic (exact) mass is 342 g/mol. The molecule has 11 nitrogen and oxygen atoms in total. The molecule has 0 radical (unpaired) electrons. The molecule has 0 amide bonds. The van der Waals surface area contributed by atoms with Crippen molar-refractivity contribution in [2.75, 3.05) is 19.8 Å². The molecule has 0 aromatic rings. The van der Waals surface area contributed by atoms with Gasteiger partial charge in [0.25, 0.3) is 0 Å². The van der Waals surface area contributed by atoms with Gasteiger partial charge in [-0.2, -0.15) is 0 Å². The molecular formula is C12H22O11. The van der Waals surface area contributed by atoms with Gasteiger partial charge in [0, 0.05) is 0 Å². The normalized spacial score (nSPS) is 36.5. The van der Waals surface area contributed by atoms with Crippen LogP contribution in [0.2, 0.25) is 0 Å². The Hall–Kier alpha value is -0.730. The zero-order chi connectivity index (χ0) is 17.9. The minimum absolute atomic E-state index is 0.794. The van der Waals surface area contributed by atoms with E-state index in [0.29, 0.717) is 0 Å². The van der Waals surface area contributed by atoms with Crippen molar-refractivity contribution < 1.29 is 55.5 Å². The van der Waals surface area contributed by atoms with Crippen LogP contribution in [0.15, 0.2) is 0 Å². The summed E-state index contributed by atoms with van der Waals surface area (Å²) in [7, 11) is 0. The van der Waals surface area contributed by atoms with Crippen LogP contribution >= 0.6 is 0 Å². The van der Waals surface area contributed by atoms with Gasteiger partial charge in [0.15, 0.2) is 5.60 Å². The number of ketones is 1. The van der Waals surface area contributed by atoms with Crippen molar-refractivity contribution >= 4 is 5.78 Å². The topological polar surface area (TPSA) is 208 Å². The van der Waals surface area contributed by atoms with Crippen molar-refractivity contribution in [3.63, 3.8) is 0 Å². The number of aliphatic hydroxyl groups excluding tert-OH is 9. The van der Waals surface area contributed by atoms with E-state index < -0.39 is 73.9 Å². The quantitative estimate of drug-likeness (QED) is 0.203. The van der Waals surface area contributed by atoms with Crippen LogP contribution in [0.3, 0.4) is 0 Å². The second kappa shape index (κ2) is 7.90. The number of aliphatic hydroxyl groups is 9. The van der Waals surface area contributed by atoms with Crippen LogP contribution in [0.25, 0.3) is 0 Å². The van der Waals surface area contributed by atoms with Crippen molar-refractivity contribution in [3.05, 3.63) is 0 Å². The first-order valence-corrected chi connectivity index (χ1v) is 6.81. The Balaban J connectivity index is 3.00. The molecule has 1 saturated heterocycles. The van der Waals surface area contributed by atoms with Crippen molar-refractivity contribution in [2.45, 2.75) is 48.3 Å². The van der Waals surface area contributed by atoms with Gasteiger partial charge >= 0.3 is 0 Å². The summed E-state index contributed by atoms with van der Waals surface area (Å²) in [5.74, 6) is -1.47. The molecule has 1 rings (SSSR count). The Morgan fingerprint density at radius 1 is 1.04 bits per heavy atom. The molecule has 1 aliphatic rings. The molecule has 8 atom stereocenters. The smallest absolute Gasteiger partial charge is 0.200 e. The molecule has 1 heterocycles. The Kier molecular flexibility index (Phi) is 6.97. The molecule has 11 heteroatoms. The minimum atomic E-state index is -2.53. The van der Waals surface area contributed by atoms with E-state index in [9.17, 15) is 40.5 Å². The molecule has 0 aromatic heterocycles. The van der Waals surface area contributed by atoms with Gasteiger partial charge in [-0.05, 0) is 0 Å². The summed E-state index contributed by atoms with van der Waals surface area (Å²) in [4.78, 5) is 12.3. The standard InChI is InChI=1S/C12H22O11/c13-1-4(16)6(17)8(19)9(20)11(22)12(3-15)10(21)7(18)5(2-14)23-12/h4-10,13-21H,1-3H2/t4-,5+,6+,7+,8-,9-,10-,12+/m0/s1. The van der Waals surface area contributed by atoms with Crippen molar-refractivity contribution in [3.8, 4) is 0 Å². The largest absolute Gasteiger partial charge is 0.394 e. The summed E-state index contributed by atoms with van der Waals surface area (Å²) >= 11 is 0. The average Bonchev–Trinajstić information content (AvgIpc) is 2.83. The van der Waals surface area contributed by atoms with Crippen LogP contribution in [-0.4, -0.2) is 120 Å². The second-order valence-electron chi connectivity index (χ2n) is 5.36. The Labute approximate surface area is 130 Å². The highest BCUT2D eigenvalue weighted by molar-refractivity contribution is 5.93. The number of rotatable bonds is 8. The van der Waals surface area contributed by atoms with E-state index >= 15 is 0 Å². The van der Waals surface area contributed by atoms with E-state index in [1.807, 2.05) is 0 Å². The fraction of sp³-hybridized carbons (Fsp3) is 0.917. The minimum Gasteiger partial charge on any atom is -0.394 e. The molecule has 0 aromatic carbocycles. The number of hydrogen-bond acceptors (Lipinski definition) is 11. The Morgan fingerprint density at radius 2 is 1.61 bits per heavy atom. The van der Waals surface area contributed by atoms with Gasteiger partial charge in [0.05, 0.1) is 19.8 Å². The lowest BCUT2D eigenvalue weighted by molar-refractivity contribution is -0.181. The van der Waals surface area contributed by atoms with Crippen LogP contribution in [0.5, 0.6) is 0 Å². The number of carbonyl (C=O) groups excluding carboxylic acids is 1. The van der Waals surface area contributed by atoms with Gasteiger partial charge in [-0.1, -0.05) is 0 Å². The first kappa shape index (κ1) is 20.3. The summed E-state index contributed by atoms with van der Waals surface area (Å²) in [5, 5.41) is 84.8. The van der Waals surface area contributed by atoms with Crippen molar-refractivity contribution in [1.29, 1.82) is 0 Å². The van der Waals surface area contributed by atoms with Gasteiger partial charge in [-0.3, -0.25) is 4.79 Å².